The number of primary amides is 2. The van der Waals surface area contributed by atoms with Crippen molar-refractivity contribution in [2.75, 3.05) is 18.4 Å². The highest BCUT2D eigenvalue weighted by Crippen LogP contribution is 2.35. The van der Waals surface area contributed by atoms with Crippen LogP contribution in [0.1, 0.15) is 42.4 Å². The van der Waals surface area contributed by atoms with Crippen molar-refractivity contribution in [3.8, 4) is 22.9 Å². The van der Waals surface area contributed by atoms with E-state index in [9.17, 15) is 22.8 Å². The van der Waals surface area contributed by atoms with Crippen LogP contribution in [0.3, 0.4) is 0 Å². The van der Waals surface area contributed by atoms with E-state index in [0.717, 1.165) is 12.1 Å². The molecule has 1 aromatic heterocycles. The predicted molar refractivity (Wildman–Crippen MR) is 136 cm³/mol. The zero-order valence-electron chi connectivity index (χ0n) is 21.2. The van der Waals surface area contributed by atoms with E-state index in [1.165, 1.54) is 19.1 Å². The molecule has 0 aliphatic carbocycles. The number of carbonyl (C=O) groups excluding carboxylic acids is 2. The molecule has 2 aromatic carbocycles. The number of benzene rings is 2. The number of carbonyl (C=O) groups is 2. The Morgan fingerprint density at radius 1 is 1.03 bits per heavy atom. The van der Waals surface area contributed by atoms with Crippen molar-refractivity contribution in [3.63, 3.8) is 0 Å². The number of ether oxygens (including phenoxy) is 1. The first-order valence-electron chi connectivity index (χ1n) is 11.9. The van der Waals surface area contributed by atoms with Crippen LogP contribution in [0, 0.1) is 0 Å². The van der Waals surface area contributed by atoms with E-state index >= 15 is 0 Å². The molecule has 5 N–H and O–H groups in total. The van der Waals surface area contributed by atoms with Gasteiger partial charge in [-0.3, -0.25) is 14.5 Å². The van der Waals surface area contributed by atoms with Gasteiger partial charge in [-0.25, -0.2) is 9.97 Å². The van der Waals surface area contributed by atoms with Gasteiger partial charge in [0.25, 0.3) is 5.91 Å². The zero-order chi connectivity index (χ0) is 28.0. The second kappa shape index (κ2) is 11.9. The second-order valence-corrected chi connectivity index (χ2v) is 8.50. The van der Waals surface area contributed by atoms with Gasteiger partial charge in [-0.1, -0.05) is 13.8 Å². The third-order valence-electron chi connectivity index (χ3n) is 5.79. The van der Waals surface area contributed by atoms with Gasteiger partial charge in [0.15, 0.2) is 5.82 Å². The van der Waals surface area contributed by atoms with Crippen LogP contribution in [0.25, 0.3) is 11.4 Å². The van der Waals surface area contributed by atoms with E-state index in [0.29, 0.717) is 35.7 Å². The van der Waals surface area contributed by atoms with Crippen LogP contribution in [-0.4, -0.2) is 45.8 Å². The molecule has 0 aliphatic heterocycles. The minimum atomic E-state index is -4.47. The number of anilines is 1. The van der Waals surface area contributed by atoms with Crippen molar-refractivity contribution in [1.29, 1.82) is 0 Å². The molecule has 0 bridgehead atoms. The Labute approximate surface area is 218 Å². The maximum atomic E-state index is 13.3. The summed E-state index contributed by atoms with van der Waals surface area (Å²) >= 11 is 0. The topological polar surface area (TPSA) is 136 Å². The fraction of sp³-hybridized carbons (Fsp3) is 0.308. The Morgan fingerprint density at radius 2 is 1.68 bits per heavy atom. The minimum Gasteiger partial charge on any atom is -0.457 e. The fourth-order valence-electron chi connectivity index (χ4n) is 3.54. The monoisotopic (exact) mass is 530 g/mol. The van der Waals surface area contributed by atoms with Gasteiger partial charge in [-0.2, -0.15) is 13.2 Å². The Balaban J connectivity index is 1.91. The summed E-state index contributed by atoms with van der Waals surface area (Å²) in [6, 6.07) is 10.4. The van der Waals surface area contributed by atoms with Gasteiger partial charge < -0.3 is 21.5 Å². The van der Waals surface area contributed by atoms with Crippen molar-refractivity contribution in [2.24, 2.45) is 11.5 Å². The number of nitrogens with one attached hydrogen (secondary N) is 1. The van der Waals surface area contributed by atoms with E-state index in [1.807, 2.05) is 18.7 Å². The third kappa shape index (κ3) is 7.19. The van der Waals surface area contributed by atoms with Gasteiger partial charge >= 0.3 is 6.18 Å². The highest BCUT2D eigenvalue weighted by molar-refractivity contribution is 5.92. The van der Waals surface area contributed by atoms with E-state index < -0.39 is 29.6 Å². The number of nitrogens with two attached hydrogens (primary N) is 2. The van der Waals surface area contributed by atoms with Crippen molar-refractivity contribution >= 4 is 17.6 Å². The normalized spacial score (nSPS) is 12.3. The van der Waals surface area contributed by atoms with Gasteiger partial charge in [0.05, 0.1) is 5.56 Å². The number of aromatic nitrogens is 2. The Morgan fingerprint density at radius 3 is 2.24 bits per heavy atom. The number of halogens is 3. The molecule has 3 rings (SSSR count). The molecule has 2 amide bonds. The lowest BCUT2D eigenvalue weighted by molar-refractivity contribution is -0.137. The molecule has 0 fully saturated rings. The Kier molecular flexibility index (Phi) is 8.89. The van der Waals surface area contributed by atoms with Crippen LogP contribution in [0.2, 0.25) is 0 Å². The third-order valence-corrected chi connectivity index (χ3v) is 5.79. The smallest absolute Gasteiger partial charge is 0.416 e. The zero-order valence-corrected chi connectivity index (χ0v) is 21.2. The average molecular weight is 531 g/mol. The van der Waals surface area contributed by atoms with Crippen molar-refractivity contribution in [3.05, 3.63) is 65.4 Å². The highest BCUT2D eigenvalue weighted by Gasteiger charge is 2.31. The molecule has 202 valence electrons. The lowest BCUT2D eigenvalue weighted by Crippen LogP contribution is -2.33. The summed E-state index contributed by atoms with van der Waals surface area (Å²) in [7, 11) is 0. The number of amides is 2. The van der Waals surface area contributed by atoms with Crippen LogP contribution in [0.15, 0.2) is 48.5 Å². The molecule has 0 aliphatic rings. The summed E-state index contributed by atoms with van der Waals surface area (Å²) in [4.78, 5) is 33.7. The maximum absolute atomic E-state index is 13.3. The molecular formula is C26H29F3N6O3. The quantitative estimate of drug-likeness (QED) is 0.338. The van der Waals surface area contributed by atoms with Crippen LogP contribution in [0.4, 0.5) is 19.0 Å². The van der Waals surface area contributed by atoms with E-state index in [2.05, 4.69) is 15.3 Å². The van der Waals surface area contributed by atoms with Gasteiger partial charge in [0.1, 0.15) is 29.1 Å². The van der Waals surface area contributed by atoms with Crippen LogP contribution >= 0.6 is 0 Å². The van der Waals surface area contributed by atoms with E-state index in [4.69, 9.17) is 16.2 Å². The summed E-state index contributed by atoms with van der Waals surface area (Å²) in [5.41, 5.74) is 10.8. The second-order valence-electron chi connectivity index (χ2n) is 8.50. The van der Waals surface area contributed by atoms with E-state index in [1.54, 1.807) is 24.3 Å². The van der Waals surface area contributed by atoms with Crippen molar-refractivity contribution in [1.82, 2.24) is 14.9 Å². The molecule has 0 saturated heterocycles. The minimum absolute atomic E-state index is 0.0692. The summed E-state index contributed by atoms with van der Waals surface area (Å²) in [5, 5.41) is 2.79. The summed E-state index contributed by atoms with van der Waals surface area (Å²) in [6.45, 7) is 7.02. The average Bonchev–Trinajstić information content (AvgIpc) is 2.87. The van der Waals surface area contributed by atoms with Crippen LogP contribution in [-0.2, 0) is 17.5 Å². The predicted octanol–water partition coefficient (Wildman–Crippen LogP) is 4.18. The Bertz CT molecular complexity index is 1290. The van der Waals surface area contributed by atoms with E-state index in [-0.39, 0.29) is 23.9 Å². The first-order chi connectivity index (χ1) is 17.9. The van der Waals surface area contributed by atoms with Crippen LogP contribution < -0.4 is 21.5 Å². The molecule has 9 nitrogen and oxygen atoms in total. The number of hydrogen-bond donors (Lipinski definition) is 3. The van der Waals surface area contributed by atoms with Gasteiger partial charge in [-0.05, 0) is 62.5 Å². The fourth-order valence-corrected chi connectivity index (χ4v) is 3.54. The number of alkyl halides is 3. The van der Waals surface area contributed by atoms with Crippen molar-refractivity contribution in [2.45, 2.75) is 39.5 Å². The van der Waals surface area contributed by atoms with Crippen molar-refractivity contribution < 1.29 is 27.5 Å². The number of hydrogen-bond acceptors (Lipinski definition) is 7. The molecule has 1 atom stereocenters. The summed E-state index contributed by atoms with van der Waals surface area (Å²) < 4.78 is 45.9. The highest BCUT2D eigenvalue weighted by atomic mass is 19.4. The number of nitrogens with zero attached hydrogens (tertiary/aromatic N) is 3. The molecule has 0 spiro atoms. The molecule has 3 aromatic rings. The first-order valence-corrected chi connectivity index (χ1v) is 11.9. The van der Waals surface area contributed by atoms with Crippen LogP contribution in [0.5, 0.6) is 11.5 Å². The van der Waals surface area contributed by atoms with Gasteiger partial charge in [-0.15, -0.1) is 0 Å². The molecule has 1 heterocycles. The molecule has 0 saturated carbocycles. The standard InChI is InChI=1S/C26H29F3N6O3/c1-4-35(5-2)14-17-12-18(26(27,28)29)8-11-21(17)38-19-9-6-16(7-10-19)25-33-20(24(31)37)13-22(34-25)32-15(3)23(30)36/h6-13,15H,4-5,14H2,1-3H3,(H2,30,36)(H2,31,37)(H,32,33,34)/t15-/m1/s1. The molecule has 38 heavy (non-hydrogen) atoms. The molecule has 0 unspecified atom stereocenters. The largest absolute Gasteiger partial charge is 0.457 e. The maximum Gasteiger partial charge on any atom is 0.416 e. The first kappa shape index (κ1) is 28.4. The summed E-state index contributed by atoms with van der Waals surface area (Å²) in [6.07, 6.45) is -4.47. The number of rotatable bonds is 11. The molecule has 12 heteroatoms. The lowest BCUT2D eigenvalue weighted by Gasteiger charge is -2.21. The van der Waals surface area contributed by atoms with Gasteiger partial charge in [0.2, 0.25) is 5.91 Å². The SMILES string of the molecule is CCN(CC)Cc1cc(C(F)(F)F)ccc1Oc1ccc(-c2nc(N[C@H](C)C(N)=O)cc(C(N)=O)n2)cc1. The molecular weight excluding hydrogens is 501 g/mol. The summed E-state index contributed by atoms with van der Waals surface area (Å²) in [5.74, 6) is -0.384. The lowest BCUT2D eigenvalue weighted by atomic mass is 10.1. The van der Waals surface area contributed by atoms with Gasteiger partial charge in [0, 0.05) is 23.7 Å². The Hall–Kier alpha value is -4.19. The molecule has 0 radical (unpaired) electrons.